The van der Waals surface area contributed by atoms with Gasteiger partial charge in [0.05, 0.1) is 7.11 Å². The van der Waals surface area contributed by atoms with Crippen molar-refractivity contribution < 1.29 is 9.53 Å². The topological polar surface area (TPSA) is 76.1 Å². The van der Waals surface area contributed by atoms with E-state index >= 15 is 0 Å². The second-order valence-electron chi connectivity index (χ2n) is 3.83. The fourth-order valence-corrected chi connectivity index (χ4v) is 1.19. The summed E-state index contributed by atoms with van der Waals surface area (Å²) in [7, 11) is 1.31. The van der Waals surface area contributed by atoms with Crippen LogP contribution in [0.3, 0.4) is 0 Å². The Morgan fingerprint density at radius 2 is 2.12 bits per heavy atom. The maximum Gasteiger partial charge on any atom is 0.358 e. The molecule has 1 aromatic rings. The van der Waals surface area contributed by atoms with Crippen molar-refractivity contribution in [2.75, 3.05) is 25.5 Å². The average molecular weight is 238 g/mol. The molecule has 1 heterocycles. The molecule has 0 amide bonds. The molecule has 0 saturated heterocycles. The van der Waals surface area contributed by atoms with Crippen molar-refractivity contribution >= 4 is 11.8 Å². The minimum absolute atomic E-state index is 0.207. The maximum absolute atomic E-state index is 11.1. The number of carbonyl (C=O) groups is 1. The van der Waals surface area contributed by atoms with E-state index in [2.05, 4.69) is 39.4 Å². The molecule has 0 fully saturated rings. The molecule has 0 atom stereocenters. The molecule has 6 nitrogen and oxygen atoms in total. The summed E-state index contributed by atoms with van der Waals surface area (Å²) in [4.78, 5) is 11.1. The Labute approximate surface area is 101 Å². The van der Waals surface area contributed by atoms with E-state index in [-0.39, 0.29) is 5.69 Å². The number of methoxy groups -OCH3 is 1. The number of rotatable bonds is 6. The molecule has 0 unspecified atom stereocenters. The smallest absolute Gasteiger partial charge is 0.358 e. The number of carbonyl (C=O) groups excluding carboxylic acids is 1. The third-order valence-electron chi connectivity index (χ3n) is 2.04. The lowest BCUT2D eigenvalue weighted by molar-refractivity contribution is 0.0593. The normalized spacial score (nSPS) is 10.4. The van der Waals surface area contributed by atoms with Crippen molar-refractivity contribution in [1.82, 2.24) is 15.5 Å². The number of aromatic nitrogens is 2. The van der Waals surface area contributed by atoms with Gasteiger partial charge in [0.2, 0.25) is 0 Å². The van der Waals surface area contributed by atoms with Crippen LogP contribution >= 0.6 is 0 Å². The van der Waals surface area contributed by atoms with Gasteiger partial charge in [-0.15, -0.1) is 10.2 Å². The van der Waals surface area contributed by atoms with E-state index in [1.54, 1.807) is 12.1 Å². The number of ether oxygens (including phenoxy) is 1. The van der Waals surface area contributed by atoms with Crippen LogP contribution in [0.1, 0.15) is 24.3 Å². The molecule has 0 aliphatic carbocycles. The lowest BCUT2D eigenvalue weighted by Crippen LogP contribution is -2.28. The zero-order chi connectivity index (χ0) is 12.7. The summed E-state index contributed by atoms with van der Waals surface area (Å²) in [5.74, 6) is 0.161. The predicted molar refractivity (Wildman–Crippen MR) is 65.0 cm³/mol. The van der Waals surface area contributed by atoms with E-state index in [4.69, 9.17) is 0 Å². The van der Waals surface area contributed by atoms with E-state index in [1.165, 1.54) is 7.11 Å². The first kappa shape index (κ1) is 13.4. The molecule has 2 N–H and O–H groups in total. The molecule has 0 aromatic carbocycles. The van der Waals surface area contributed by atoms with Crippen molar-refractivity contribution in [3.63, 3.8) is 0 Å². The van der Waals surface area contributed by atoms with Crippen LogP contribution in [0.4, 0.5) is 5.82 Å². The highest BCUT2D eigenvalue weighted by Gasteiger charge is 2.06. The van der Waals surface area contributed by atoms with Gasteiger partial charge in [-0.05, 0) is 12.1 Å². The van der Waals surface area contributed by atoms with E-state index in [9.17, 15) is 4.79 Å². The average Bonchev–Trinajstić information content (AvgIpc) is 2.34. The number of hydrogen-bond donors (Lipinski definition) is 2. The van der Waals surface area contributed by atoms with E-state index in [0.717, 1.165) is 13.1 Å². The zero-order valence-electron chi connectivity index (χ0n) is 10.4. The van der Waals surface area contributed by atoms with Crippen LogP contribution in [0, 0.1) is 0 Å². The SMILES string of the molecule is COC(=O)c1ccc(NCCNC(C)C)nn1. The highest BCUT2D eigenvalue weighted by molar-refractivity contribution is 5.86. The van der Waals surface area contributed by atoms with Gasteiger partial charge in [-0.1, -0.05) is 13.8 Å². The summed E-state index contributed by atoms with van der Waals surface area (Å²) in [5.41, 5.74) is 0.207. The standard InChI is InChI=1S/C11H18N4O2/c1-8(2)12-6-7-13-10-5-4-9(14-15-10)11(16)17-3/h4-5,8,12H,6-7H2,1-3H3,(H,13,15). The Kier molecular flexibility index (Phi) is 5.35. The highest BCUT2D eigenvalue weighted by Crippen LogP contribution is 2.02. The minimum atomic E-state index is -0.481. The first-order valence-electron chi connectivity index (χ1n) is 5.52. The molecule has 0 radical (unpaired) electrons. The number of hydrogen-bond acceptors (Lipinski definition) is 6. The van der Waals surface area contributed by atoms with E-state index in [1.807, 2.05) is 0 Å². The summed E-state index contributed by atoms with van der Waals surface area (Å²) in [6.45, 7) is 5.78. The summed E-state index contributed by atoms with van der Waals surface area (Å²) in [6.07, 6.45) is 0. The third-order valence-corrected chi connectivity index (χ3v) is 2.04. The first-order chi connectivity index (χ1) is 8.13. The molecule has 0 aliphatic rings. The van der Waals surface area contributed by atoms with Gasteiger partial charge in [0.1, 0.15) is 5.82 Å². The van der Waals surface area contributed by atoms with E-state index < -0.39 is 5.97 Å². The summed E-state index contributed by atoms with van der Waals surface area (Å²) in [5, 5.41) is 14.0. The molecule has 0 saturated carbocycles. The first-order valence-corrected chi connectivity index (χ1v) is 5.52. The molecule has 6 heteroatoms. The molecule has 0 spiro atoms. The van der Waals surface area contributed by atoms with Gasteiger partial charge in [0, 0.05) is 19.1 Å². The Morgan fingerprint density at radius 1 is 1.35 bits per heavy atom. The maximum atomic E-state index is 11.1. The van der Waals surface area contributed by atoms with Crippen molar-refractivity contribution in [2.24, 2.45) is 0 Å². The van der Waals surface area contributed by atoms with Gasteiger partial charge < -0.3 is 15.4 Å². The lowest BCUT2D eigenvalue weighted by atomic mass is 10.4. The van der Waals surface area contributed by atoms with Gasteiger partial charge >= 0.3 is 5.97 Å². The molecule has 0 bridgehead atoms. The molecule has 94 valence electrons. The van der Waals surface area contributed by atoms with Gasteiger partial charge in [0.15, 0.2) is 5.69 Å². The molecule has 1 aromatic heterocycles. The summed E-state index contributed by atoms with van der Waals surface area (Å²) >= 11 is 0. The van der Waals surface area contributed by atoms with Crippen LogP contribution in [0.25, 0.3) is 0 Å². The van der Waals surface area contributed by atoms with Crippen LogP contribution in [-0.2, 0) is 4.74 Å². The molecule has 0 aliphatic heterocycles. The third kappa shape index (κ3) is 4.78. The second-order valence-corrected chi connectivity index (χ2v) is 3.83. The van der Waals surface area contributed by atoms with Crippen LogP contribution in [0.15, 0.2) is 12.1 Å². The zero-order valence-corrected chi connectivity index (χ0v) is 10.4. The Morgan fingerprint density at radius 3 is 2.65 bits per heavy atom. The number of esters is 1. The van der Waals surface area contributed by atoms with Crippen LogP contribution in [-0.4, -0.2) is 42.4 Å². The van der Waals surface area contributed by atoms with E-state index in [0.29, 0.717) is 11.9 Å². The molecular weight excluding hydrogens is 220 g/mol. The van der Waals surface area contributed by atoms with Gasteiger partial charge in [-0.25, -0.2) is 4.79 Å². The van der Waals surface area contributed by atoms with Crippen molar-refractivity contribution in [3.8, 4) is 0 Å². The Bertz CT molecular complexity index is 351. The quantitative estimate of drug-likeness (QED) is 0.560. The minimum Gasteiger partial charge on any atom is -0.464 e. The van der Waals surface area contributed by atoms with Crippen molar-refractivity contribution in [2.45, 2.75) is 19.9 Å². The van der Waals surface area contributed by atoms with Gasteiger partial charge in [-0.3, -0.25) is 0 Å². The predicted octanol–water partition coefficient (Wildman–Crippen LogP) is 0.673. The summed E-state index contributed by atoms with van der Waals surface area (Å²) < 4.78 is 4.53. The Hall–Kier alpha value is -1.69. The van der Waals surface area contributed by atoms with Gasteiger partial charge in [0.25, 0.3) is 0 Å². The van der Waals surface area contributed by atoms with Crippen molar-refractivity contribution in [1.29, 1.82) is 0 Å². The number of anilines is 1. The fourth-order valence-electron chi connectivity index (χ4n) is 1.19. The lowest BCUT2D eigenvalue weighted by Gasteiger charge is -2.09. The van der Waals surface area contributed by atoms with Crippen LogP contribution < -0.4 is 10.6 Å². The largest absolute Gasteiger partial charge is 0.464 e. The number of nitrogens with one attached hydrogen (secondary N) is 2. The summed E-state index contributed by atoms with van der Waals surface area (Å²) in [6, 6.07) is 3.75. The second kappa shape index (κ2) is 6.80. The number of nitrogens with zero attached hydrogens (tertiary/aromatic N) is 2. The molecular formula is C11H18N4O2. The van der Waals surface area contributed by atoms with Gasteiger partial charge in [-0.2, -0.15) is 0 Å². The highest BCUT2D eigenvalue weighted by atomic mass is 16.5. The fraction of sp³-hybridized carbons (Fsp3) is 0.545. The molecule has 17 heavy (non-hydrogen) atoms. The van der Waals surface area contributed by atoms with Crippen LogP contribution in [0.5, 0.6) is 0 Å². The monoisotopic (exact) mass is 238 g/mol. The van der Waals surface area contributed by atoms with Crippen LogP contribution in [0.2, 0.25) is 0 Å². The Balaban J connectivity index is 2.38. The van der Waals surface area contributed by atoms with Crippen molar-refractivity contribution in [3.05, 3.63) is 17.8 Å². The molecule has 1 rings (SSSR count).